The van der Waals surface area contributed by atoms with Crippen LogP contribution in [0, 0.1) is 10.1 Å². The molecule has 0 unspecified atom stereocenters. The number of anilines is 1. The van der Waals surface area contributed by atoms with E-state index < -0.39 is 4.92 Å². The zero-order valence-electron chi connectivity index (χ0n) is 10.5. The van der Waals surface area contributed by atoms with Gasteiger partial charge in [0.05, 0.1) is 12.0 Å². The number of rotatable bonds is 5. The molecule has 0 saturated heterocycles. The summed E-state index contributed by atoms with van der Waals surface area (Å²) in [6, 6.07) is 14.1. The van der Waals surface area contributed by atoms with E-state index in [1.807, 2.05) is 30.3 Å². The molecule has 19 heavy (non-hydrogen) atoms. The number of ether oxygens (including phenoxy) is 1. The lowest BCUT2D eigenvalue weighted by Crippen LogP contribution is -2.00. The van der Waals surface area contributed by atoms with Crippen LogP contribution in [0.2, 0.25) is 0 Å². The van der Waals surface area contributed by atoms with E-state index in [1.165, 1.54) is 6.07 Å². The van der Waals surface area contributed by atoms with Gasteiger partial charge in [0, 0.05) is 30.4 Å². The van der Waals surface area contributed by atoms with E-state index >= 15 is 0 Å². The summed E-state index contributed by atoms with van der Waals surface area (Å²) in [5, 5.41) is 13.9. The van der Waals surface area contributed by atoms with Crippen LogP contribution >= 0.6 is 0 Å². The van der Waals surface area contributed by atoms with E-state index in [4.69, 9.17) is 4.74 Å². The van der Waals surface area contributed by atoms with E-state index in [1.54, 1.807) is 19.2 Å². The van der Waals surface area contributed by atoms with Crippen molar-refractivity contribution in [2.24, 2.45) is 0 Å². The Balaban J connectivity index is 2.05. The quantitative estimate of drug-likeness (QED) is 0.660. The second-order valence-electron chi connectivity index (χ2n) is 4.01. The first-order valence-corrected chi connectivity index (χ1v) is 5.80. The monoisotopic (exact) mass is 258 g/mol. The van der Waals surface area contributed by atoms with Crippen molar-refractivity contribution in [3.05, 3.63) is 64.2 Å². The lowest BCUT2D eigenvalue weighted by Gasteiger charge is -2.08. The molecule has 0 bridgehead atoms. The van der Waals surface area contributed by atoms with Gasteiger partial charge in [-0.25, -0.2) is 0 Å². The normalized spacial score (nSPS) is 9.95. The second kappa shape index (κ2) is 5.86. The molecule has 0 aliphatic carbocycles. The average Bonchev–Trinajstić information content (AvgIpc) is 2.45. The summed E-state index contributed by atoms with van der Waals surface area (Å²) in [6.07, 6.45) is 0. The van der Waals surface area contributed by atoms with Gasteiger partial charge in [0.15, 0.2) is 0 Å². The number of nitrogens with one attached hydrogen (secondary N) is 1. The van der Waals surface area contributed by atoms with Gasteiger partial charge in [0.25, 0.3) is 5.69 Å². The number of nitro benzene ring substituents is 1. The minimum atomic E-state index is -0.394. The lowest BCUT2D eigenvalue weighted by molar-refractivity contribution is -0.384. The summed E-state index contributed by atoms with van der Waals surface area (Å²) in [5.74, 6) is 0.768. The van der Waals surface area contributed by atoms with Gasteiger partial charge in [-0.05, 0) is 17.7 Å². The van der Waals surface area contributed by atoms with Crippen molar-refractivity contribution < 1.29 is 9.66 Å². The fourth-order valence-electron chi connectivity index (χ4n) is 1.72. The highest BCUT2D eigenvalue weighted by Crippen LogP contribution is 2.18. The van der Waals surface area contributed by atoms with Crippen molar-refractivity contribution in [1.29, 1.82) is 0 Å². The molecule has 0 fully saturated rings. The molecule has 1 N–H and O–H groups in total. The molecule has 0 radical (unpaired) electrons. The molecule has 0 aliphatic heterocycles. The smallest absolute Gasteiger partial charge is 0.269 e. The summed E-state index contributed by atoms with van der Waals surface area (Å²) >= 11 is 0. The standard InChI is InChI=1S/C14H14N2O3/c1-19-14-7-3-5-12(9-14)15-10-11-4-2-6-13(8-11)16(17)18/h2-9,15H,10H2,1H3. The van der Waals surface area contributed by atoms with Crippen LogP contribution in [0.3, 0.4) is 0 Å². The SMILES string of the molecule is COc1cccc(NCc2cccc([N+](=O)[O-])c2)c1. The van der Waals surface area contributed by atoms with E-state index in [0.717, 1.165) is 17.0 Å². The molecule has 0 amide bonds. The molecule has 2 aromatic carbocycles. The Morgan fingerprint density at radius 3 is 2.74 bits per heavy atom. The van der Waals surface area contributed by atoms with Gasteiger partial charge in [0.1, 0.15) is 5.75 Å². The molecule has 0 heterocycles. The van der Waals surface area contributed by atoms with Gasteiger partial charge in [-0.2, -0.15) is 0 Å². The molecule has 98 valence electrons. The first-order valence-electron chi connectivity index (χ1n) is 5.80. The maximum Gasteiger partial charge on any atom is 0.269 e. The Kier molecular flexibility index (Phi) is 3.97. The summed E-state index contributed by atoms with van der Waals surface area (Å²) in [7, 11) is 1.61. The minimum absolute atomic E-state index is 0.102. The van der Waals surface area contributed by atoms with Gasteiger partial charge in [-0.1, -0.05) is 18.2 Å². The number of nitro groups is 1. The maximum atomic E-state index is 10.7. The first kappa shape index (κ1) is 12.9. The van der Waals surface area contributed by atoms with Gasteiger partial charge in [-0.15, -0.1) is 0 Å². The highest BCUT2D eigenvalue weighted by Gasteiger charge is 2.05. The van der Waals surface area contributed by atoms with Gasteiger partial charge in [-0.3, -0.25) is 10.1 Å². The predicted octanol–water partition coefficient (Wildman–Crippen LogP) is 3.22. The molecule has 0 spiro atoms. The van der Waals surface area contributed by atoms with Crippen molar-refractivity contribution in [3.8, 4) is 5.75 Å². The Bertz CT molecular complexity index is 584. The second-order valence-corrected chi connectivity index (χ2v) is 4.01. The topological polar surface area (TPSA) is 64.4 Å². The third kappa shape index (κ3) is 3.45. The van der Waals surface area contributed by atoms with E-state index in [2.05, 4.69) is 5.32 Å². The van der Waals surface area contributed by atoms with Crippen LogP contribution in [0.1, 0.15) is 5.56 Å². The minimum Gasteiger partial charge on any atom is -0.497 e. The fraction of sp³-hybridized carbons (Fsp3) is 0.143. The number of nitrogens with zero attached hydrogens (tertiary/aromatic N) is 1. The lowest BCUT2D eigenvalue weighted by atomic mass is 10.2. The van der Waals surface area contributed by atoms with Crippen LogP contribution < -0.4 is 10.1 Å². The average molecular weight is 258 g/mol. The van der Waals surface area contributed by atoms with Gasteiger partial charge < -0.3 is 10.1 Å². The third-order valence-electron chi connectivity index (χ3n) is 2.69. The molecule has 2 rings (SSSR count). The zero-order valence-corrected chi connectivity index (χ0v) is 10.5. The summed E-state index contributed by atoms with van der Waals surface area (Å²) in [5.41, 5.74) is 1.87. The van der Waals surface area contributed by atoms with Crippen LogP contribution in [-0.2, 0) is 6.54 Å². The maximum absolute atomic E-state index is 10.7. The molecule has 0 atom stereocenters. The Labute approximate surface area is 111 Å². The number of benzene rings is 2. The largest absolute Gasteiger partial charge is 0.497 e. The molecule has 0 aromatic heterocycles. The highest BCUT2D eigenvalue weighted by molar-refractivity contribution is 5.49. The van der Waals surface area contributed by atoms with Crippen LogP contribution in [-0.4, -0.2) is 12.0 Å². The Morgan fingerprint density at radius 2 is 2.00 bits per heavy atom. The molecule has 2 aromatic rings. The highest BCUT2D eigenvalue weighted by atomic mass is 16.6. The third-order valence-corrected chi connectivity index (χ3v) is 2.69. The summed E-state index contributed by atoms with van der Waals surface area (Å²) in [4.78, 5) is 10.3. The van der Waals surface area contributed by atoms with Crippen LogP contribution in [0.15, 0.2) is 48.5 Å². The zero-order chi connectivity index (χ0) is 13.7. The van der Waals surface area contributed by atoms with Crippen LogP contribution in [0.25, 0.3) is 0 Å². The van der Waals surface area contributed by atoms with Crippen molar-refractivity contribution in [1.82, 2.24) is 0 Å². The van der Waals surface area contributed by atoms with Crippen molar-refractivity contribution in [2.45, 2.75) is 6.54 Å². The van der Waals surface area contributed by atoms with E-state index in [9.17, 15) is 10.1 Å². The van der Waals surface area contributed by atoms with Crippen molar-refractivity contribution in [2.75, 3.05) is 12.4 Å². The van der Waals surface area contributed by atoms with Crippen molar-refractivity contribution in [3.63, 3.8) is 0 Å². The molecule has 5 heteroatoms. The van der Waals surface area contributed by atoms with Gasteiger partial charge >= 0.3 is 0 Å². The number of methoxy groups -OCH3 is 1. The molecular formula is C14H14N2O3. The summed E-state index contributed by atoms with van der Waals surface area (Å²) in [6.45, 7) is 0.523. The number of hydrogen-bond donors (Lipinski definition) is 1. The number of non-ortho nitro benzene ring substituents is 1. The van der Waals surface area contributed by atoms with Crippen LogP contribution in [0.4, 0.5) is 11.4 Å². The van der Waals surface area contributed by atoms with Gasteiger partial charge in [0.2, 0.25) is 0 Å². The molecule has 0 saturated carbocycles. The Hall–Kier alpha value is -2.56. The molecule has 5 nitrogen and oxygen atoms in total. The number of hydrogen-bond acceptors (Lipinski definition) is 4. The fourth-order valence-corrected chi connectivity index (χ4v) is 1.72. The van der Waals surface area contributed by atoms with Crippen molar-refractivity contribution >= 4 is 11.4 Å². The predicted molar refractivity (Wildman–Crippen MR) is 73.4 cm³/mol. The molecular weight excluding hydrogens is 244 g/mol. The Morgan fingerprint density at radius 1 is 1.21 bits per heavy atom. The summed E-state index contributed by atoms with van der Waals surface area (Å²) < 4.78 is 5.13. The van der Waals surface area contributed by atoms with Crippen LogP contribution in [0.5, 0.6) is 5.75 Å². The van der Waals surface area contributed by atoms with E-state index in [0.29, 0.717) is 6.54 Å². The first-order chi connectivity index (χ1) is 9.19. The van der Waals surface area contributed by atoms with E-state index in [-0.39, 0.29) is 5.69 Å². The molecule has 0 aliphatic rings.